The molecule has 3 nitrogen and oxygen atoms in total. The zero-order valence-corrected chi connectivity index (χ0v) is 13.4. The standard InChI is InChI=1S/C19H26N2O/c1-2-3-4-7-13-22-19-11-6-5-10-18(19)16-21-15-17-9-8-12-20-14-17/h5-6,8-12,14,21H,2-4,7,13,15-16H2,1H3. The fraction of sp³-hybridized carbons (Fsp3) is 0.421. The summed E-state index contributed by atoms with van der Waals surface area (Å²) in [6.07, 6.45) is 8.62. The third-order valence-electron chi connectivity index (χ3n) is 3.60. The molecule has 0 fully saturated rings. The van der Waals surface area contributed by atoms with Gasteiger partial charge < -0.3 is 10.1 Å². The van der Waals surface area contributed by atoms with Gasteiger partial charge in [0.25, 0.3) is 0 Å². The van der Waals surface area contributed by atoms with E-state index < -0.39 is 0 Å². The molecule has 1 N–H and O–H groups in total. The van der Waals surface area contributed by atoms with Gasteiger partial charge in [-0.25, -0.2) is 0 Å². The Hall–Kier alpha value is -1.87. The molecule has 3 heteroatoms. The van der Waals surface area contributed by atoms with Crippen molar-refractivity contribution in [2.75, 3.05) is 6.61 Å². The Labute approximate surface area is 133 Å². The number of para-hydroxylation sites is 1. The summed E-state index contributed by atoms with van der Waals surface area (Å²) in [7, 11) is 0. The lowest BCUT2D eigenvalue weighted by atomic mass is 10.2. The van der Waals surface area contributed by atoms with Crippen LogP contribution in [0.5, 0.6) is 5.75 Å². The second kappa shape index (κ2) is 9.96. The van der Waals surface area contributed by atoms with Gasteiger partial charge in [-0.2, -0.15) is 0 Å². The topological polar surface area (TPSA) is 34.1 Å². The highest BCUT2D eigenvalue weighted by Gasteiger charge is 2.02. The zero-order chi connectivity index (χ0) is 15.5. The molecule has 118 valence electrons. The summed E-state index contributed by atoms with van der Waals surface area (Å²) >= 11 is 0. The summed E-state index contributed by atoms with van der Waals surface area (Å²) in [5.74, 6) is 0.998. The molecular formula is C19H26N2O. The molecule has 0 aliphatic rings. The van der Waals surface area contributed by atoms with Gasteiger partial charge in [-0.15, -0.1) is 0 Å². The van der Waals surface area contributed by atoms with Crippen molar-refractivity contribution in [3.8, 4) is 5.75 Å². The lowest BCUT2D eigenvalue weighted by Gasteiger charge is -2.12. The smallest absolute Gasteiger partial charge is 0.123 e. The highest BCUT2D eigenvalue weighted by molar-refractivity contribution is 5.33. The molecule has 0 unspecified atom stereocenters. The Kier molecular flexibility index (Phi) is 7.47. The Morgan fingerprint density at radius 1 is 1.00 bits per heavy atom. The number of nitrogens with zero attached hydrogens (tertiary/aromatic N) is 1. The maximum absolute atomic E-state index is 5.93. The number of ether oxygens (including phenoxy) is 1. The van der Waals surface area contributed by atoms with Crippen LogP contribution in [0, 0.1) is 0 Å². The number of benzene rings is 1. The Balaban J connectivity index is 1.78. The van der Waals surface area contributed by atoms with Crippen molar-refractivity contribution < 1.29 is 4.74 Å². The fourth-order valence-corrected chi connectivity index (χ4v) is 2.35. The van der Waals surface area contributed by atoms with Gasteiger partial charge in [-0.05, 0) is 24.1 Å². The molecule has 0 radical (unpaired) electrons. The number of rotatable bonds is 10. The van der Waals surface area contributed by atoms with Gasteiger partial charge in [0.1, 0.15) is 5.75 Å². The molecule has 0 aliphatic carbocycles. The second-order valence-electron chi connectivity index (χ2n) is 5.48. The number of nitrogens with one attached hydrogen (secondary N) is 1. The van der Waals surface area contributed by atoms with Crippen LogP contribution in [-0.4, -0.2) is 11.6 Å². The van der Waals surface area contributed by atoms with Crippen LogP contribution < -0.4 is 10.1 Å². The Morgan fingerprint density at radius 2 is 1.91 bits per heavy atom. The first-order valence-electron chi connectivity index (χ1n) is 8.20. The van der Waals surface area contributed by atoms with Crippen molar-refractivity contribution in [1.82, 2.24) is 10.3 Å². The van der Waals surface area contributed by atoms with Crippen molar-refractivity contribution in [3.05, 3.63) is 59.9 Å². The average Bonchev–Trinajstić information content (AvgIpc) is 2.57. The van der Waals surface area contributed by atoms with Crippen molar-refractivity contribution in [2.24, 2.45) is 0 Å². The fourth-order valence-electron chi connectivity index (χ4n) is 2.35. The van der Waals surface area contributed by atoms with Crippen LogP contribution in [0.2, 0.25) is 0 Å². The molecule has 22 heavy (non-hydrogen) atoms. The van der Waals surface area contributed by atoms with Crippen LogP contribution in [0.15, 0.2) is 48.8 Å². The summed E-state index contributed by atoms with van der Waals surface area (Å²) in [5, 5.41) is 3.45. The maximum Gasteiger partial charge on any atom is 0.123 e. The van der Waals surface area contributed by atoms with E-state index in [1.54, 1.807) is 6.20 Å². The van der Waals surface area contributed by atoms with Gasteiger partial charge in [0.2, 0.25) is 0 Å². The first-order chi connectivity index (χ1) is 10.9. The molecule has 2 aromatic rings. The van der Waals surface area contributed by atoms with E-state index in [1.807, 2.05) is 18.3 Å². The number of pyridine rings is 1. The first-order valence-corrected chi connectivity index (χ1v) is 8.20. The molecule has 0 saturated carbocycles. The van der Waals surface area contributed by atoms with E-state index in [9.17, 15) is 0 Å². The van der Waals surface area contributed by atoms with Crippen molar-refractivity contribution in [2.45, 2.75) is 45.7 Å². The van der Waals surface area contributed by atoms with E-state index in [0.717, 1.165) is 31.9 Å². The lowest BCUT2D eigenvalue weighted by Crippen LogP contribution is -2.14. The maximum atomic E-state index is 5.93. The first kappa shape index (κ1) is 16.5. The molecule has 0 aliphatic heterocycles. The number of hydrogen-bond acceptors (Lipinski definition) is 3. The minimum Gasteiger partial charge on any atom is -0.493 e. The summed E-state index contributed by atoms with van der Waals surface area (Å²) in [6, 6.07) is 12.3. The van der Waals surface area contributed by atoms with E-state index in [1.165, 1.54) is 30.4 Å². The molecule has 1 heterocycles. The van der Waals surface area contributed by atoms with E-state index in [0.29, 0.717) is 0 Å². The predicted molar refractivity (Wildman–Crippen MR) is 90.9 cm³/mol. The number of hydrogen-bond donors (Lipinski definition) is 1. The average molecular weight is 298 g/mol. The van der Waals surface area contributed by atoms with Crippen LogP contribution in [0.25, 0.3) is 0 Å². The minimum absolute atomic E-state index is 0.805. The minimum atomic E-state index is 0.805. The molecule has 1 aromatic heterocycles. The highest BCUT2D eigenvalue weighted by atomic mass is 16.5. The Bertz CT molecular complexity index is 528. The van der Waals surface area contributed by atoms with Crippen LogP contribution in [0.4, 0.5) is 0 Å². The Morgan fingerprint density at radius 3 is 2.73 bits per heavy atom. The van der Waals surface area contributed by atoms with Crippen LogP contribution in [-0.2, 0) is 13.1 Å². The van der Waals surface area contributed by atoms with Crippen molar-refractivity contribution in [1.29, 1.82) is 0 Å². The van der Waals surface area contributed by atoms with Gasteiger partial charge in [-0.3, -0.25) is 4.98 Å². The largest absolute Gasteiger partial charge is 0.493 e. The summed E-state index contributed by atoms with van der Waals surface area (Å²) in [5.41, 5.74) is 2.40. The SMILES string of the molecule is CCCCCCOc1ccccc1CNCc1cccnc1. The molecule has 0 bridgehead atoms. The molecule has 2 rings (SSSR count). The van der Waals surface area contributed by atoms with Crippen LogP contribution in [0.1, 0.15) is 43.7 Å². The van der Waals surface area contributed by atoms with Gasteiger partial charge in [-0.1, -0.05) is 50.5 Å². The van der Waals surface area contributed by atoms with Gasteiger partial charge >= 0.3 is 0 Å². The summed E-state index contributed by atoms with van der Waals surface area (Å²) in [6.45, 7) is 4.66. The lowest BCUT2D eigenvalue weighted by molar-refractivity contribution is 0.301. The van der Waals surface area contributed by atoms with Gasteiger partial charge in [0.05, 0.1) is 6.61 Å². The molecular weight excluding hydrogens is 272 g/mol. The third-order valence-corrected chi connectivity index (χ3v) is 3.60. The molecule has 0 atom stereocenters. The van der Waals surface area contributed by atoms with Crippen LogP contribution in [0.3, 0.4) is 0 Å². The third kappa shape index (κ3) is 5.86. The molecule has 0 saturated heterocycles. The zero-order valence-electron chi connectivity index (χ0n) is 13.4. The molecule has 0 amide bonds. The summed E-state index contributed by atoms with van der Waals surface area (Å²) < 4.78 is 5.93. The van der Waals surface area contributed by atoms with Gasteiger partial charge in [0.15, 0.2) is 0 Å². The monoisotopic (exact) mass is 298 g/mol. The predicted octanol–water partition coefficient (Wildman–Crippen LogP) is 4.33. The van der Waals surface area contributed by atoms with Gasteiger partial charge in [0, 0.05) is 31.0 Å². The normalized spacial score (nSPS) is 10.6. The molecule has 0 spiro atoms. The molecule has 1 aromatic carbocycles. The second-order valence-corrected chi connectivity index (χ2v) is 5.48. The van der Waals surface area contributed by atoms with E-state index in [-0.39, 0.29) is 0 Å². The van der Waals surface area contributed by atoms with Crippen molar-refractivity contribution in [3.63, 3.8) is 0 Å². The van der Waals surface area contributed by atoms with E-state index in [4.69, 9.17) is 4.74 Å². The van der Waals surface area contributed by atoms with E-state index >= 15 is 0 Å². The van der Waals surface area contributed by atoms with Crippen LogP contribution >= 0.6 is 0 Å². The quantitative estimate of drug-likeness (QED) is 0.663. The highest BCUT2D eigenvalue weighted by Crippen LogP contribution is 2.18. The number of unbranched alkanes of at least 4 members (excludes halogenated alkanes) is 3. The van der Waals surface area contributed by atoms with Crippen molar-refractivity contribution >= 4 is 0 Å². The number of aromatic nitrogens is 1. The summed E-state index contributed by atoms with van der Waals surface area (Å²) in [4.78, 5) is 4.13. The van der Waals surface area contributed by atoms with E-state index in [2.05, 4.69) is 41.5 Å².